The molecular weight excluding hydrogens is 262 g/mol. The Balaban J connectivity index is 2.50. The number of nitrogens with two attached hydrogens (primary N) is 1. The van der Waals surface area contributed by atoms with Gasteiger partial charge in [-0.1, -0.05) is 15.9 Å². The van der Waals surface area contributed by atoms with Gasteiger partial charge in [-0.2, -0.15) is 0 Å². The Morgan fingerprint density at radius 2 is 2.00 bits per heavy atom. The van der Waals surface area contributed by atoms with Crippen molar-refractivity contribution < 1.29 is 5.11 Å². The molecule has 0 aliphatic heterocycles. The molecule has 14 heavy (non-hydrogen) atoms. The van der Waals surface area contributed by atoms with Gasteiger partial charge in [0.2, 0.25) is 0 Å². The summed E-state index contributed by atoms with van der Waals surface area (Å²) in [6.45, 7) is 2.04. The monoisotopic (exact) mass is 275 g/mol. The molecule has 0 heterocycles. The van der Waals surface area contributed by atoms with Crippen LogP contribution in [0.2, 0.25) is 0 Å². The lowest BCUT2D eigenvalue weighted by molar-refractivity contribution is 0.0949. The molecule has 1 rings (SSSR count). The molecule has 0 bridgehead atoms. The second-order valence-corrected chi connectivity index (χ2v) is 5.41. The Kier molecular flexibility index (Phi) is 4.44. The van der Waals surface area contributed by atoms with Gasteiger partial charge in [-0.05, 0) is 31.2 Å². The molecule has 0 spiro atoms. The van der Waals surface area contributed by atoms with Gasteiger partial charge in [0, 0.05) is 21.7 Å². The van der Waals surface area contributed by atoms with Gasteiger partial charge in [-0.3, -0.25) is 0 Å². The molecule has 1 aromatic carbocycles. The minimum absolute atomic E-state index is 0.288. The zero-order valence-corrected chi connectivity index (χ0v) is 10.4. The van der Waals surface area contributed by atoms with Crippen molar-refractivity contribution >= 4 is 27.7 Å². The van der Waals surface area contributed by atoms with E-state index in [2.05, 4.69) is 15.9 Å². The summed E-state index contributed by atoms with van der Waals surface area (Å²) in [6, 6.07) is 8.00. The first-order valence-electron chi connectivity index (χ1n) is 4.34. The second-order valence-electron chi connectivity index (χ2n) is 3.44. The Labute approximate surface area is 97.0 Å². The standard InChI is InChI=1S/C10H14BrNOS/c1-10(13,6-12)7-14-9-4-2-8(11)3-5-9/h2-5,13H,6-7,12H2,1H3. The lowest BCUT2D eigenvalue weighted by atomic mass is 10.1. The summed E-state index contributed by atoms with van der Waals surface area (Å²) >= 11 is 4.98. The van der Waals surface area contributed by atoms with Gasteiger partial charge in [-0.15, -0.1) is 11.8 Å². The van der Waals surface area contributed by atoms with Crippen LogP contribution in [0, 0.1) is 0 Å². The molecule has 3 N–H and O–H groups in total. The molecule has 4 heteroatoms. The Bertz CT molecular complexity index is 287. The van der Waals surface area contributed by atoms with Crippen LogP contribution in [0.25, 0.3) is 0 Å². The highest BCUT2D eigenvalue weighted by Gasteiger charge is 2.17. The molecule has 0 saturated heterocycles. The van der Waals surface area contributed by atoms with Crippen LogP contribution in [0.15, 0.2) is 33.6 Å². The van der Waals surface area contributed by atoms with E-state index in [1.807, 2.05) is 24.3 Å². The van der Waals surface area contributed by atoms with Crippen molar-refractivity contribution in [3.8, 4) is 0 Å². The number of thioether (sulfide) groups is 1. The fourth-order valence-corrected chi connectivity index (χ4v) is 2.02. The van der Waals surface area contributed by atoms with Gasteiger partial charge < -0.3 is 10.8 Å². The third kappa shape index (κ3) is 4.00. The van der Waals surface area contributed by atoms with Crippen molar-refractivity contribution in [1.82, 2.24) is 0 Å². The Morgan fingerprint density at radius 3 is 2.50 bits per heavy atom. The summed E-state index contributed by atoms with van der Waals surface area (Å²) in [5, 5.41) is 9.68. The largest absolute Gasteiger partial charge is 0.388 e. The van der Waals surface area contributed by atoms with Crippen molar-refractivity contribution in [3.63, 3.8) is 0 Å². The third-order valence-electron chi connectivity index (χ3n) is 1.80. The molecule has 78 valence electrons. The van der Waals surface area contributed by atoms with Gasteiger partial charge in [-0.25, -0.2) is 0 Å². The molecule has 1 atom stereocenters. The van der Waals surface area contributed by atoms with E-state index >= 15 is 0 Å². The predicted molar refractivity (Wildman–Crippen MR) is 64.5 cm³/mol. The van der Waals surface area contributed by atoms with E-state index in [9.17, 15) is 5.11 Å². The minimum atomic E-state index is -0.780. The molecule has 0 radical (unpaired) electrons. The molecule has 0 aliphatic rings. The number of aliphatic hydroxyl groups is 1. The molecular formula is C10H14BrNOS. The van der Waals surface area contributed by atoms with E-state index < -0.39 is 5.60 Å². The van der Waals surface area contributed by atoms with Gasteiger partial charge in [0.15, 0.2) is 0 Å². The highest BCUT2D eigenvalue weighted by molar-refractivity contribution is 9.10. The van der Waals surface area contributed by atoms with Crippen LogP contribution < -0.4 is 5.73 Å². The molecule has 0 saturated carbocycles. The van der Waals surface area contributed by atoms with E-state index in [0.29, 0.717) is 5.75 Å². The maximum atomic E-state index is 9.68. The lowest BCUT2D eigenvalue weighted by Gasteiger charge is -2.20. The number of hydrogen-bond donors (Lipinski definition) is 2. The third-order valence-corrected chi connectivity index (χ3v) is 3.70. The fraction of sp³-hybridized carbons (Fsp3) is 0.400. The fourth-order valence-electron chi connectivity index (χ4n) is 0.829. The van der Waals surface area contributed by atoms with Crippen LogP contribution in [0.1, 0.15) is 6.92 Å². The van der Waals surface area contributed by atoms with Crippen molar-refractivity contribution in [3.05, 3.63) is 28.7 Å². The van der Waals surface area contributed by atoms with Gasteiger partial charge in [0.05, 0.1) is 5.60 Å². The summed E-state index contributed by atoms with van der Waals surface area (Å²) in [5.74, 6) is 0.616. The van der Waals surface area contributed by atoms with Crippen LogP contribution in [0.5, 0.6) is 0 Å². The van der Waals surface area contributed by atoms with Crippen molar-refractivity contribution in [2.45, 2.75) is 17.4 Å². The zero-order valence-electron chi connectivity index (χ0n) is 8.03. The average Bonchev–Trinajstić information content (AvgIpc) is 2.17. The van der Waals surface area contributed by atoms with Crippen LogP contribution in [-0.4, -0.2) is 23.0 Å². The van der Waals surface area contributed by atoms with Gasteiger partial charge in [0.25, 0.3) is 0 Å². The van der Waals surface area contributed by atoms with Gasteiger partial charge >= 0.3 is 0 Å². The average molecular weight is 276 g/mol. The molecule has 1 aromatic rings. The minimum Gasteiger partial charge on any atom is -0.388 e. The maximum Gasteiger partial charge on any atom is 0.0834 e. The zero-order chi connectivity index (χ0) is 10.6. The van der Waals surface area contributed by atoms with Crippen LogP contribution >= 0.6 is 27.7 Å². The highest BCUT2D eigenvalue weighted by atomic mass is 79.9. The first-order chi connectivity index (χ1) is 6.53. The van der Waals surface area contributed by atoms with Crippen molar-refractivity contribution in [1.29, 1.82) is 0 Å². The topological polar surface area (TPSA) is 46.2 Å². The molecule has 0 fully saturated rings. The van der Waals surface area contributed by atoms with Gasteiger partial charge in [0.1, 0.15) is 0 Å². The first kappa shape index (κ1) is 12.0. The maximum absolute atomic E-state index is 9.68. The quantitative estimate of drug-likeness (QED) is 0.829. The molecule has 0 aromatic heterocycles. The summed E-state index contributed by atoms with van der Waals surface area (Å²) in [6.07, 6.45) is 0. The highest BCUT2D eigenvalue weighted by Crippen LogP contribution is 2.23. The summed E-state index contributed by atoms with van der Waals surface area (Å²) < 4.78 is 1.06. The number of halogens is 1. The predicted octanol–water partition coefficient (Wildman–Crippen LogP) is 2.25. The van der Waals surface area contributed by atoms with Crippen molar-refractivity contribution in [2.24, 2.45) is 5.73 Å². The van der Waals surface area contributed by atoms with Crippen LogP contribution in [0.3, 0.4) is 0 Å². The smallest absolute Gasteiger partial charge is 0.0834 e. The lowest BCUT2D eigenvalue weighted by Crippen LogP contribution is -2.36. The second kappa shape index (κ2) is 5.16. The molecule has 0 amide bonds. The Morgan fingerprint density at radius 1 is 1.43 bits per heavy atom. The van der Waals surface area contributed by atoms with Crippen molar-refractivity contribution in [2.75, 3.05) is 12.3 Å². The summed E-state index contributed by atoms with van der Waals surface area (Å²) in [7, 11) is 0. The summed E-state index contributed by atoms with van der Waals surface area (Å²) in [5.41, 5.74) is 4.64. The molecule has 1 unspecified atom stereocenters. The van der Waals surface area contributed by atoms with Crippen LogP contribution in [0.4, 0.5) is 0 Å². The van der Waals surface area contributed by atoms with E-state index in [4.69, 9.17) is 5.73 Å². The molecule has 2 nitrogen and oxygen atoms in total. The van der Waals surface area contributed by atoms with E-state index in [1.165, 1.54) is 0 Å². The van der Waals surface area contributed by atoms with E-state index in [-0.39, 0.29) is 6.54 Å². The number of rotatable bonds is 4. The summed E-state index contributed by atoms with van der Waals surface area (Å²) in [4.78, 5) is 1.14. The molecule has 0 aliphatic carbocycles. The van der Waals surface area contributed by atoms with E-state index in [0.717, 1.165) is 9.37 Å². The van der Waals surface area contributed by atoms with Crippen LogP contribution in [-0.2, 0) is 0 Å². The SMILES string of the molecule is CC(O)(CN)CSc1ccc(Br)cc1. The normalized spacial score (nSPS) is 15.1. The number of benzene rings is 1. The first-order valence-corrected chi connectivity index (χ1v) is 6.12. The van der Waals surface area contributed by atoms with E-state index in [1.54, 1.807) is 18.7 Å². The number of hydrogen-bond acceptors (Lipinski definition) is 3. The Hall–Kier alpha value is -0.0300.